The average Bonchev–Trinajstić information content (AvgIpc) is 3.52. The van der Waals surface area contributed by atoms with Crippen molar-refractivity contribution in [2.45, 2.75) is 38.2 Å². The van der Waals surface area contributed by atoms with E-state index in [4.69, 9.17) is 11.6 Å². The van der Waals surface area contributed by atoms with Crippen LogP contribution in [-0.4, -0.2) is 55.6 Å². The summed E-state index contributed by atoms with van der Waals surface area (Å²) in [6.07, 6.45) is 4.51. The number of carbonyl (C=O) groups excluding carboxylic acids is 2. The van der Waals surface area contributed by atoms with E-state index in [1.807, 2.05) is 36.4 Å². The van der Waals surface area contributed by atoms with Crippen molar-refractivity contribution in [1.29, 1.82) is 0 Å². The van der Waals surface area contributed by atoms with Crippen molar-refractivity contribution in [3.63, 3.8) is 0 Å². The Labute approximate surface area is 206 Å². The molecule has 1 spiro atoms. The molecule has 2 unspecified atom stereocenters. The number of hydrogen-bond acceptors (Lipinski definition) is 4. The normalized spacial score (nSPS) is 19.5. The summed E-state index contributed by atoms with van der Waals surface area (Å²) in [5.41, 5.74) is 2.67. The quantitative estimate of drug-likeness (QED) is 0.550. The number of piperidine rings is 1. The van der Waals surface area contributed by atoms with Gasteiger partial charge in [-0.2, -0.15) is 0 Å². The molecule has 0 bridgehead atoms. The lowest BCUT2D eigenvalue weighted by molar-refractivity contribution is -0.129. The van der Waals surface area contributed by atoms with Crippen molar-refractivity contribution in [3.8, 4) is 0 Å². The third-order valence-corrected chi connectivity index (χ3v) is 7.78. The summed E-state index contributed by atoms with van der Waals surface area (Å²) in [7, 11) is 3.45. The van der Waals surface area contributed by atoms with Gasteiger partial charge in [-0.05, 0) is 67.2 Å². The number of carbonyl (C=O) groups is 2. The Balaban J connectivity index is 1.19. The summed E-state index contributed by atoms with van der Waals surface area (Å²) in [5, 5.41) is 13.5. The first kappa shape index (κ1) is 24.6. The number of nitrogens with zero attached hydrogens (tertiary/aromatic N) is 2. The molecule has 1 saturated carbocycles. The fourth-order valence-electron chi connectivity index (χ4n) is 5.22. The molecule has 182 valence electrons. The molecule has 1 aliphatic carbocycles. The highest BCUT2D eigenvalue weighted by Crippen LogP contribution is 2.61. The van der Waals surface area contributed by atoms with Gasteiger partial charge in [-0.1, -0.05) is 41.9 Å². The van der Waals surface area contributed by atoms with Gasteiger partial charge >= 0.3 is 0 Å². The highest BCUT2D eigenvalue weighted by molar-refractivity contribution is 6.34. The molecule has 2 aromatic carbocycles. The van der Waals surface area contributed by atoms with Crippen LogP contribution in [0, 0.1) is 11.3 Å². The van der Waals surface area contributed by atoms with Gasteiger partial charge in [-0.25, -0.2) is 0 Å². The second-order valence-corrected chi connectivity index (χ2v) is 10.3. The van der Waals surface area contributed by atoms with Crippen molar-refractivity contribution in [1.82, 2.24) is 10.2 Å². The van der Waals surface area contributed by atoms with Crippen LogP contribution in [0.3, 0.4) is 0 Å². The van der Waals surface area contributed by atoms with E-state index in [-0.39, 0.29) is 11.8 Å². The van der Waals surface area contributed by atoms with Gasteiger partial charge < -0.3 is 20.2 Å². The van der Waals surface area contributed by atoms with E-state index >= 15 is 0 Å². The maximum absolute atomic E-state index is 12.2. The van der Waals surface area contributed by atoms with Gasteiger partial charge in [-0.15, -0.1) is 0 Å². The highest BCUT2D eigenvalue weighted by atomic mass is 35.5. The van der Waals surface area contributed by atoms with E-state index in [1.54, 1.807) is 26.2 Å². The second kappa shape index (κ2) is 10.4. The third kappa shape index (κ3) is 5.39. The Hall–Kier alpha value is -2.57. The van der Waals surface area contributed by atoms with Crippen LogP contribution in [0.2, 0.25) is 5.02 Å². The molecular formula is C27H34ClN3O3. The number of hydrogen-bond donors (Lipinski definition) is 2. The van der Waals surface area contributed by atoms with E-state index in [0.29, 0.717) is 34.0 Å². The summed E-state index contributed by atoms with van der Waals surface area (Å²) >= 11 is 6.41. The smallest absolute Gasteiger partial charge is 0.254 e. The topological polar surface area (TPSA) is 72.9 Å². The van der Waals surface area contributed by atoms with Gasteiger partial charge in [0, 0.05) is 39.4 Å². The van der Waals surface area contributed by atoms with Gasteiger partial charge in [0.05, 0.1) is 10.6 Å². The molecule has 1 saturated heterocycles. The predicted molar refractivity (Wildman–Crippen MR) is 135 cm³/mol. The van der Waals surface area contributed by atoms with Crippen LogP contribution in [0.4, 0.5) is 5.69 Å². The molecule has 6 nitrogen and oxygen atoms in total. The van der Waals surface area contributed by atoms with Crippen LogP contribution in [-0.2, 0) is 4.79 Å². The van der Waals surface area contributed by atoms with Crippen LogP contribution >= 0.6 is 11.6 Å². The number of aliphatic hydroxyl groups excluding tert-OH is 1. The van der Waals surface area contributed by atoms with Gasteiger partial charge in [-0.3, -0.25) is 9.59 Å². The van der Waals surface area contributed by atoms with E-state index < -0.39 is 6.10 Å². The van der Waals surface area contributed by atoms with Crippen LogP contribution in [0.1, 0.15) is 54.1 Å². The molecule has 2 amide bonds. The molecule has 1 aliphatic heterocycles. The van der Waals surface area contributed by atoms with Crippen molar-refractivity contribution in [3.05, 3.63) is 64.7 Å². The van der Waals surface area contributed by atoms with Crippen LogP contribution < -0.4 is 10.2 Å². The lowest BCUT2D eigenvalue weighted by Gasteiger charge is -2.35. The average molecular weight is 484 g/mol. The first-order valence-corrected chi connectivity index (χ1v) is 12.5. The molecule has 2 atom stereocenters. The SMILES string of the molecule is CN(C)C(=O)c1ccc(N2CCC3(CC2)CC3CCCNC(=O)C(O)c2ccccc2)cc1Cl. The molecule has 1 heterocycles. The van der Waals surface area contributed by atoms with E-state index in [9.17, 15) is 14.7 Å². The molecular weight excluding hydrogens is 450 g/mol. The van der Waals surface area contributed by atoms with Gasteiger partial charge in [0.1, 0.15) is 0 Å². The minimum Gasteiger partial charge on any atom is -0.378 e. The number of anilines is 1. The number of nitrogens with one attached hydrogen (secondary N) is 1. The zero-order chi connectivity index (χ0) is 24.3. The van der Waals surface area contributed by atoms with Crippen LogP contribution in [0.15, 0.2) is 48.5 Å². The largest absolute Gasteiger partial charge is 0.378 e. The highest BCUT2D eigenvalue weighted by Gasteiger charge is 2.53. The van der Waals surface area contributed by atoms with E-state index in [2.05, 4.69) is 10.2 Å². The summed E-state index contributed by atoms with van der Waals surface area (Å²) < 4.78 is 0. The number of amides is 2. The molecule has 2 aromatic rings. The van der Waals surface area contributed by atoms with Crippen molar-refractivity contribution in [2.24, 2.45) is 11.3 Å². The first-order chi connectivity index (χ1) is 16.3. The predicted octanol–water partition coefficient (Wildman–Crippen LogP) is 4.28. The zero-order valence-corrected chi connectivity index (χ0v) is 20.7. The molecule has 4 rings (SSSR count). The summed E-state index contributed by atoms with van der Waals surface area (Å²) in [6, 6.07) is 14.8. The number of benzene rings is 2. The lowest BCUT2D eigenvalue weighted by atomic mass is 9.89. The summed E-state index contributed by atoms with van der Waals surface area (Å²) in [6.45, 7) is 2.58. The zero-order valence-electron chi connectivity index (χ0n) is 20.0. The minimum atomic E-state index is -1.11. The van der Waals surface area contributed by atoms with Crippen molar-refractivity contribution >= 4 is 29.1 Å². The van der Waals surface area contributed by atoms with Gasteiger partial charge in [0.2, 0.25) is 0 Å². The van der Waals surface area contributed by atoms with Crippen LogP contribution in [0.5, 0.6) is 0 Å². The number of halogens is 1. The Kier molecular flexibility index (Phi) is 7.48. The fourth-order valence-corrected chi connectivity index (χ4v) is 5.48. The monoisotopic (exact) mass is 483 g/mol. The maximum atomic E-state index is 12.2. The summed E-state index contributed by atoms with van der Waals surface area (Å²) in [5.74, 6) is 0.303. The minimum absolute atomic E-state index is 0.0827. The Morgan fingerprint density at radius 1 is 1.18 bits per heavy atom. The Morgan fingerprint density at radius 3 is 2.53 bits per heavy atom. The van der Waals surface area contributed by atoms with Crippen molar-refractivity contribution < 1.29 is 14.7 Å². The third-order valence-electron chi connectivity index (χ3n) is 7.46. The molecule has 0 aromatic heterocycles. The second-order valence-electron chi connectivity index (χ2n) is 9.86. The van der Waals surface area contributed by atoms with E-state index in [0.717, 1.165) is 44.5 Å². The molecule has 2 fully saturated rings. The fraction of sp³-hybridized carbons (Fsp3) is 0.481. The van der Waals surface area contributed by atoms with Gasteiger partial charge in [0.15, 0.2) is 6.10 Å². The molecule has 7 heteroatoms. The standard InChI is InChI=1S/C27H34ClN3O3/c1-30(2)26(34)22-11-10-21(17-23(22)28)31-15-12-27(13-16-31)18-20(27)9-6-14-29-25(33)24(32)19-7-4-3-5-8-19/h3-5,7-8,10-11,17,20,24,32H,6,9,12-16,18H2,1-2H3,(H,29,33). The maximum Gasteiger partial charge on any atom is 0.254 e. The number of rotatable bonds is 8. The van der Waals surface area contributed by atoms with E-state index in [1.165, 1.54) is 11.3 Å². The molecule has 2 aliphatic rings. The van der Waals surface area contributed by atoms with Crippen molar-refractivity contribution in [2.75, 3.05) is 38.6 Å². The summed E-state index contributed by atoms with van der Waals surface area (Å²) in [4.78, 5) is 28.3. The number of aliphatic hydroxyl groups is 1. The Bertz CT molecular complexity index is 1020. The first-order valence-electron chi connectivity index (χ1n) is 12.1. The van der Waals surface area contributed by atoms with Crippen LogP contribution in [0.25, 0.3) is 0 Å². The Morgan fingerprint density at radius 2 is 1.88 bits per heavy atom. The molecule has 34 heavy (non-hydrogen) atoms. The molecule has 2 N–H and O–H groups in total. The van der Waals surface area contributed by atoms with Gasteiger partial charge in [0.25, 0.3) is 11.8 Å². The molecule has 0 radical (unpaired) electrons. The lowest BCUT2D eigenvalue weighted by Crippen LogP contribution is -2.35.